The van der Waals surface area contributed by atoms with Gasteiger partial charge in [0.2, 0.25) is 0 Å². The van der Waals surface area contributed by atoms with Gasteiger partial charge in [-0.25, -0.2) is 4.98 Å². The summed E-state index contributed by atoms with van der Waals surface area (Å²) in [6.07, 6.45) is 3.18. The molecule has 1 saturated heterocycles. The van der Waals surface area contributed by atoms with Gasteiger partial charge in [-0.1, -0.05) is 49.3 Å². The van der Waals surface area contributed by atoms with Crippen LogP contribution >= 0.6 is 11.3 Å². The van der Waals surface area contributed by atoms with Crippen LogP contribution in [0.25, 0.3) is 16.0 Å². The number of ketones is 1. The van der Waals surface area contributed by atoms with Crippen LogP contribution in [-0.2, 0) is 9.59 Å². The fraction of sp³-hybridized carbons (Fsp3) is 0.281. The zero-order valence-electron chi connectivity index (χ0n) is 22.8. The van der Waals surface area contributed by atoms with Gasteiger partial charge in [-0.05, 0) is 79.9 Å². The van der Waals surface area contributed by atoms with Crippen LogP contribution in [0.15, 0.2) is 72.3 Å². The van der Waals surface area contributed by atoms with Gasteiger partial charge in [0.05, 0.1) is 35.0 Å². The van der Waals surface area contributed by atoms with Gasteiger partial charge in [0.1, 0.15) is 17.3 Å². The summed E-state index contributed by atoms with van der Waals surface area (Å²) in [5.41, 5.74) is 2.92. The summed E-state index contributed by atoms with van der Waals surface area (Å²) in [6.45, 7) is 7.16. The van der Waals surface area contributed by atoms with Crippen molar-refractivity contribution >= 4 is 44.1 Å². The molecule has 3 aromatic carbocycles. The Labute approximate surface area is 237 Å². The first kappa shape index (κ1) is 27.4. The molecular formula is C32H32N2O5S. The predicted molar refractivity (Wildman–Crippen MR) is 158 cm³/mol. The molecule has 0 aliphatic carbocycles. The molecule has 206 valence electrons. The van der Waals surface area contributed by atoms with E-state index >= 15 is 0 Å². The van der Waals surface area contributed by atoms with Crippen molar-refractivity contribution in [2.24, 2.45) is 0 Å². The van der Waals surface area contributed by atoms with E-state index in [4.69, 9.17) is 14.5 Å². The van der Waals surface area contributed by atoms with Crippen molar-refractivity contribution in [2.45, 2.75) is 46.1 Å². The molecule has 1 amide bonds. The Morgan fingerprint density at radius 2 is 1.65 bits per heavy atom. The van der Waals surface area contributed by atoms with Crippen LogP contribution < -0.4 is 14.4 Å². The molecule has 4 aromatic rings. The summed E-state index contributed by atoms with van der Waals surface area (Å²) in [7, 11) is 0. The third kappa shape index (κ3) is 5.45. The van der Waals surface area contributed by atoms with Gasteiger partial charge in [0.25, 0.3) is 5.78 Å². The highest BCUT2D eigenvalue weighted by Crippen LogP contribution is 2.44. The number of aromatic nitrogens is 1. The van der Waals surface area contributed by atoms with Crippen LogP contribution in [-0.4, -0.2) is 35.0 Å². The average Bonchev–Trinajstić information content (AvgIpc) is 3.49. The summed E-state index contributed by atoms with van der Waals surface area (Å²) in [5.74, 6) is -0.375. The maximum Gasteiger partial charge on any atom is 0.301 e. The molecule has 0 bridgehead atoms. The number of carbonyl (C=O) groups excluding carboxylic acids is 2. The van der Waals surface area contributed by atoms with E-state index in [2.05, 4.69) is 6.92 Å². The molecule has 1 aliphatic rings. The SMILES string of the molecule is CCCCCOc1ccc(C2/C(=C(\O)c3ccc(OCC)cc3)C(=O)C(=O)N2c2nc3ccc(C)cc3s2)cc1. The highest BCUT2D eigenvalue weighted by atomic mass is 32.1. The maximum atomic E-state index is 13.5. The summed E-state index contributed by atoms with van der Waals surface area (Å²) in [4.78, 5) is 33.2. The molecule has 7 nitrogen and oxygen atoms in total. The lowest BCUT2D eigenvalue weighted by Crippen LogP contribution is -2.29. The summed E-state index contributed by atoms with van der Waals surface area (Å²) < 4.78 is 12.3. The van der Waals surface area contributed by atoms with Gasteiger partial charge in [-0.3, -0.25) is 14.5 Å². The molecule has 1 aromatic heterocycles. The third-order valence-corrected chi connectivity index (χ3v) is 7.85. The minimum absolute atomic E-state index is 0.0150. The van der Waals surface area contributed by atoms with E-state index in [1.54, 1.807) is 24.3 Å². The monoisotopic (exact) mass is 556 g/mol. The van der Waals surface area contributed by atoms with E-state index in [0.717, 1.165) is 35.0 Å². The number of aliphatic hydroxyl groups excluding tert-OH is 1. The van der Waals surface area contributed by atoms with Crippen LogP contribution in [0.3, 0.4) is 0 Å². The van der Waals surface area contributed by atoms with Crippen molar-refractivity contribution < 1.29 is 24.2 Å². The van der Waals surface area contributed by atoms with Crippen molar-refractivity contribution in [3.8, 4) is 11.5 Å². The van der Waals surface area contributed by atoms with Gasteiger partial charge < -0.3 is 14.6 Å². The molecule has 1 unspecified atom stereocenters. The number of unbranched alkanes of at least 4 members (excludes halogenated alkanes) is 2. The Balaban J connectivity index is 1.58. The van der Waals surface area contributed by atoms with Crippen molar-refractivity contribution in [3.05, 3.63) is 89.0 Å². The summed E-state index contributed by atoms with van der Waals surface area (Å²) in [5, 5.41) is 11.8. The molecule has 2 heterocycles. The lowest BCUT2D eigenvalue weighted by molar-refractivity contribution is -0.132. The number of benzene rings is 3. The summed E-state index contributed by atoms with van der Waals surface area (Å²) in [6, 6.07) is 19.2. The Kier molecular flexibility index (Phi) is 8.16. The van der Waals surface area contributed by atoms with E-state index in [1.807, 2.05) is 56.3 Å². The number of carbonyl (C=O) groups is 2. The predicted octanol–water partition coefficient (Wildman–Crippen LogP) is 7.20. The highest BCUT2D eigenvalue weighted by Gasteiger charge is 2.48. The number of aryl methyl sites for hydroxylation is 1. The number of hydrogen-bond donors (Lipinski definition) is 1. The van der Waals surface area contributed by atoms with Gasteiger partial charge in [0.15, 0.2) is 5.13 Å². The van der Waals surface area contributed by atoms with E-state index in [-0.39, 0.29) is 11.3 Å². The lowest BCUT2D eigenvalue weighted by Gasteiger charge is -2.23. The van der Waals surface area contributed by atoms with Crippen LogP contribution in [0.4, 0.5) is 5.13 Å². The minimum Gasteiger partial charge on any atom is -0.507 e. The number of thiazole rings is 1. The number of amides is 1. The Bertz CT molecular complexity index is 1560. The van der Waals surface area contributed by atoms with Gasteiger partial charge in [-0.15, -0.1) is 0 Å². The van der Waals surface area contributed by atoms with Crippen molar-refractivity contribution in [1.82, 2.24) is 4.98 Å². The number of anilines is 1. The quantitative estimate of drug-likeness (QED) is 0.0962. The molecule has 0 radical (unpaired) electrons. The molecule has 5 rings (SSSR count). The number of ether oxygens (including phenoxy) is 2. The third-order valence-electron chi connectivity index (χ3n) is 6.83. The first-order valence-corrected chi connectivity index (χ1v) is 14.4. The number of aliphatic hydroxyl groups is 1. The second kappa shape index (κ2) is 11.9. The Morgan fingerprint density at radius 3 is 2.35 bits per heavy atom. The fourth-order valence-corrected chi connectivity index (χ4v) is 5.88. The Hall–Kier alpha value is -4.17. The normalized spacial score (nSPS) is 16.6. The molecule has 8 heteroatoms. The summed E-state index contributed by atoms with van der Waals surface area (Å²) >= 11 is 1.35. The molecule has 0 saturated carbocycles. The highest BCUT2D eigenvalue weighted by molar-refractivity contribution is 7.22. The second-order valence-electron chi connectivity index (χ2n) is 9.72. The fourth-order valence-electron chi connectivity index (χ4n) is 4.79. The van der Waals surface area contributed by atoms with E-state index in [1.165, 1.54) is 16.2 Å². The van der Waals surface area contributed by atoms with E-state index < -0.39 is 17.7 Å². The number of hydrogen-bond acceptors (Lipinski definition) is 7. The van der Waals surface area contributed by atoms with Gasteiger partial charge in [-0.2, -0.15) is 0 Å². The van der Waals surface area contributed by atoms with Gasteiger partial charge >= 0.3 is 5.91 Å². The molecule has 1 fully saturated rings. The first-order chi connectivity index (χ1) is 19.4. The van der Waals surface area contributed by atoms with E-state index in [0.29, 0.717) is 41.0 Å². The molecule has 40 heavy (non-hydrogen) atoms. The lowest BCUT2D eigenvalue weighted by atomic mass is 9.95. The molecule has 0 spiro atoms. The van der Waals surface area contributed by atoms with Crippen molar-refractivity contribution in [2.75, 3.05) is 18.1 Å². The van der Waals surface area contributed by atoms with Crippen molar-refractivity contribution in [1.29, 1.82) is 0 Å². The second-order valence-corrected chi connectivity index (χ2v) is 10.7. The number of nitrogens with zero attached hydrogens (tertiary/aromatic N) is 2. The van der Waals surface area contributed by atoms with Gasteiger partial charge in [0, 0.05) is 5.56 Å². The standard InChI is InChI=1S/C32H32N2O5S/c1-4-6-7-18-39-24-13-9-21(10-14-24)28-27(29(35)22-11-15-23(16-12-22)38-5-2)30(36)31(37)34(28)32-33-25-17-8-20(3)19-26(25)40-32/h8-17,19,28,35H,4-7,18H2,1-3H3/b29-27+. The molecule has 1 aliphatic heterocycles. The molecular weight excluding hydrogens is 524 g/mol. The molecule has 1 N–H and O–H groups in total. The smallest absolute Gasteiger partial charge is 0.301 e. The Morgan fingerprint density at radius 1 is 0.950 bits per heavy atom. The van der Waals surface area contributed by atoms with Crippen LogP contribution in [0.1, 0.15) is 55.8 Å². The molecule has 1 atom stereocenters. The van der Waals surface area contributed by atoms with Crippen LogP contribution in [0, 0.1) is 6.92 Å². The van der Waals surface area contributed by atoms with E-state index in [9.17, 15) is 14.7 Å². The number of Topliss-reactive ketones (excluding diaryl/α,β-unsaturated/α-hetero) is 1. The average molecular weight is 557 g/mol. The van der Waals surface area contributed by atoms with Crippen LogP contribution in [0.2, 0.25) is 0 Å². The zero-order chi connectivity index (χ0) is 28.2. The number of rotatable bonds is 10. The van der Waals surface area contributed by atoms with Crippen molar-refractivity contribution in [3.63, 3.8) is 0 Å². The zero-order valence-corrected chi connectivity index (χ0v) is 23.7. The minimum atomic E-state index is -0.859. The number of fused-ring (bicyclic) bond motifs is 1. The first-order valence-electron chi connectivity index (χ1n) is 13.6. The largest absolute Gasteiger partial charge is 0.507 e. The van der Waals surface area contributed by atoms with Crippen LogP contribution in [0.5, 0.6) is 11.5 Å². The maximum absolute atomic E-state index is 13.5. The topological polar surface area (TPSA) is 89.0 Å².